The van der Waals surface area contributed by atoms with E-state index in [0.29, 0.717) is 12.8 Å². The first-order chi connectivity index (χ1) is 12.2. The highest BCUT2D eigenvalue weighted by atomic mass is 16.6. The molecule has 0 bridgehead atoms. The van der Waals surface area contributed by atoms with Crippen molar-refractivity contribution in [1.82, 2.24) is 10.2 Å². The second-order valence-corrected chi connectivity index (χ2v) is 7.90. The maximum atomic E-state index is 12.6. The summed E-state index contributed by atoms with van der Waals surface area (Å²) in [5.41, 5.74) is 0.430. The standard InChI is InChI=1S/C19H26N2O5/c1-19(2,3)26-18(24)21-11-13(22)10-15(21)16-14(20-17(23)25-16)9-12-7-5-4-6-8-12/h4-8,13-16,22H,9-11H2,1-3H3,(H,20,23)/t13-,14-,15+,16-/m0/s1. The van der Waals surface area contributed by atoms with Gasteiger partial charge in [-0.15, -0.1) is 0 Å². The maximum absolute atomic E-state index is 12.6. The lowest BCUT2D eigenvalue weighted by Crippen LogP contribution is -2.50. The van der Waals surface area contributed by atoms with Gasteiger partial charge in [-0.05, 0) is 39.2 Å². The van der Waals surface area contributed by atoms with Crippen LogP contribution < -0.4 is 5.32 Å². The third-order valence-corrected chi connectivity index (χ3v) is 4.57. The molecule has 142 valence electrons. The first-order valence-electron chi connectivity index (χ1n) is 8.92. The number of β-amino-alcohol motifs (C(OH)–C–C–N with tert-alkyl or cyclic N) is 1. The molecule has 2 heterocycles. The van der Waals surface area contributed by atoms with E-state index in [1.165, 1.54) is 4.90 Å². The van der Waals surface area contributed by atoms with Gasteiger partial charge >= 0.3 is 12.2 Å². The Balaban J connectivity index is 1.77. The van der Waals surface area contributed by atoms with Gasteiger partial charge in [-0.1, -0.05) is 30.3 Å². The minimum atomic E-state index is -0.663. The van der Waals surface area contributed by atoms with Gasteiger partial charge in [0.1, 0.15) is 11.7 Å². The lowest BCUT2D eigenvalue weighted by atomic mass is 9.95. The Kier molecular flexibility index (Phi) is 5.09. The van der Waals surface area contributed by atoms with Gasteiger partial charge in [0.2, 0.25) is 0 Å². The van der Waals surface area contributed by atoms with Crippen molar-refractivity contribution in [1.29, 1.82) is 0 Å². The molecule has 7 nitrogen and oxygen atoms in total. The lowest BCUT2D eigenvalue weighted by molar-refractivity contribution is 0.00480. The number of carbonyl (C=O) groups is 2. The van der Waals surface area contributed by atoms with Crippen LogP contribution in [0.4, 0.5) is 9.59 Å². The van der Waals surface area contributed by atoms with E-state index in [2.05, 4.69) is 5.32 Å². The zero-order valence-electron chi connectivity index (χ0n) is 15.3. The van der Waals surface area contributed by atoms with Gasteiger partial charge in [0.05, 0.1) is 24.7 Å². The maximum Gasteiger partial charge on any atom is 0.410 e. The Bertz CT molecular complexity index is 658. The molecule has 1 aromatic rings. The van der Waals surface area contributed by atoms with Crippen LogP contribution in [-0.4, -0.2) is 58.6 Å². The Morgan fingerprint density at radius 1 is 1.35 bits per heavy atom. The van der Waals surface area contributed by atoms with E-state index in [0.717, 1.165) is 5.56 Å². The van der Waals surface area contributed by atoms with Crippen LogP contribution in [0.2, 0.25) is 0 Å². The van der Waals surface area contributed by atoms with E-state index in [1.807, 2.05) is 30.3 Å². The van der Waals surface area contributed by atoms with Crippen molar-refractivity contribution < 1.29 is 24.2 Å². The molecule has 2 saturated heterocycles. The summed E-state index contributed by atoms with van der Waals surface area (Å²) < 4.78 is 10.9. The van der Waals surface area contributed by atoms with E-state index in [-0.39, 0.29) is 12.6 Å². The van der Waals surface area contributed by atoms with Crippen LogP contribution in [0.25, 0.3) is 0 Å². The average molecular weight is 362 g/mol. The molecule has 0 radical (unpaired) electrons. The van der Waals surface area contributed by atoms with E-state index in [1.54, 1.807) is 20.8 Å². The van der Waals surface area contributed by atoms with Gasteiger partial charge in [-0.3, -0.25) is 4.90 Å². The normalized spacial score (nSPS) is 28.6. The lowest BCUT2D eigenvalue weighted by Gasteiger charge is -2.32. The second kappa shape index (κ2) is 7.15. The summed E-state index contributed by atoms with van der Waals surface area (Å²) in [5, 5.41) is 12.9. The summed E-state index contributed by atoms with van der Waals surface area (Å²) in [5.74, 6) is 0. The van der Waals surface area contributed by atoms with Crippen molar-refractivity contribution in [3.05, 3.63) is 35.9 Å². The molecule has 0 aliphatic carbocycles. The molecule has 2 amide bonds. The molecule has 26 heavy (non-hydrogen) atoms. The zero-order valence-corrected chi connectivity index (χ0v) is 15.3. The summed E-state index contributed by atoms with van der Waals surface area (Å²) in [4.78, 5) is 25.9. The summed E-state index contributed by atoms with van der Waals surface area (Å²) in [6.45, 7) is 5.55. The first kappa shape index (κ1) is 18.5. The fraction of sp³-hybridized carbons (Fsp3) is 0.579. The van der Waals surface area contributed by atoms with Crippen LogP contribution in [0, 0.1) is 0 Å². The molecule has 2 aliphatic rings. The van der Waals surface area contributed by atoms with Crippen LogP contribution in [-0.2, 0) is 15.9 Å². The number of nitrogens with one attached hydrogen (secondary N) is 1. The second-order valence-electron chi connectivity index (χ2n) is 7.90. The number of ether oxygens (including phenoxy) is 2. The Morgan fingerprint density at radius 2 is 2.04 bits per heavy atom. The summed E-state index contributed by atoms with van der Waals surface area (Å²) in [6, 6.07) is 9.08. The molecule has 7 heteroatoms. The van der Waals surface area contributed by atoms with Gasteiger partial charge < -0.3 is 19.9 Å². The van der Waals surface area contributed by atoms with Crippen LogP contribution in [0.3, 0.4) is 0 Å². The highest BCUT2D eigenvalue weighted by Crippen LogP contribution is 2.29. The smallest absolute Gasteiger partial charge is 0.410 e. The predicted molar refractivity (Wildman–Crippen MR) is 94.7 cm³/mol. The Labute approximate surface area is 153 Å². The number of rotatable bonds is 3. The van der Waals surface area contributed by atoms with Crippen molar-refractivity contribution in [2.75, 3.05) is 6.54 Å². The number of amides is 2. The predicted octanol–water partition coefficient (Wildman–Crippen LogP) is 2.08. The number of alkyl carbamates (subject to hydrolysis) is 1. The molecule has 1 aromatic carbocycles. The fourth-order valence-electron chi connectivity index (χ4n) is 3.54. The van der Waals surface area contributed by atoms with E-state index in [4.69, 9.17) is 9.47 Å². The van der Waals surface area contributed by atoms with Crippen molar-refractivity contribution >= 4 is 12.2 Å². The van der Waals surface area contributed by atoms with Gasteiger partial charge in [-0.25, -0.2) is 9.59 Å². The number of hydrogen-bond acceptors (Lipinski definition) is 5. The molecular weight excluding hydrogens is 336 g/mol. The number of aliphatic hydroxyl groups excluding tert-OH is 1. The third-order valence-electron chi connectivity index (χ3n) is 4.57. The SMILES string of the molecule is CC(C)(C)OC(=O)N1C[C@@H](O)C[C@@H]1[C@H]1OC(=O)N[C@H]1Cc1ccccc1. The zero-order chi connectivity index (χ0) is 18.9. The van der Waals surface area contributed by atoms with Crippen molar-refractivity contribution in [2.45, 2.75) is 63.5 Å². The average Bonchev–Trinajstić information content (AvgIpc) is 3.09. The van der Waals surface area contributed by atoms with Crippen molar-refractivity contribution in [3.8, 4) is 0 Å². The largest absolute Gasteiger partial charge is 0.444 e. The number of cyclic esters (lactones) is 1. The van der Waals surface area contributed by atoms with Gasteiger partial charge in [0.25, 0.3) is 0 Å². The van der Waals surface area contributed by atoms with Crippen molar-refractivity contribution in [3.63, 3.8) is 0 Å². The molecule has 4 atom stereocenters. The minimum absolute atomic E-state index is 0.172. The highest BCUT2D eigenvalue weighted by Gasteiger charge is 2.48. The van der Waals surface area contributed by atoms with Gasteiger partial charge in [0, 0.05) is 0 Å². The van der Waals surface area contributed by atoms with Gasteiger partial charge in [-0.2, -0.15) is 0 Å². The summed E-state index contributed by atoms with van der Waals surface area (Å²) in [6.07, 6.45) is -1.26. The summed E-state index contributed by atoms with van der Waals surface area (Å²) >= 11 is 0. The van der Waals surface area contributed by atoms with E-state index < -0.39 is 36.0 Å². The molecule has 0 spiro atoms. The van der Waals surface area contributed by atoms with Crippen molar-refractivity contribution in [2.24, 2.45) is 0 Å². The molecule has 2 fully saturated rings. The van der Waals surface area contributed by atoms with Crippen LogP contribution in [0.15, 0.2) is 30.3 Å². The quantitative estimate of drug-likeness (QED) is 0.859. The molecule has 0 aromatic heterocycles. The monoisotopic (exact) mass is 362 g/mol. The molecule has 0 unspecified atom stereocenters. The molecule has 3 rings (SSSR count). The number of nitrogens with zero attached hydrogens (tertiary/aromatic N) is 1. The molecule has 0 saturated carbocycles. The number of aliphatic hydroxyl groups is 1. The first-order valence-corrected chi connectivity index (χ1v) is 8.92. The molecule has 2 aliphatic heterocycles. The fourth-order valence-corrected chi connectivity index (χ4v) is 3.54. The number of carbonyl (C=O) groups excluding carboxylic acids is 2. The number of benzene rings is 1. The third kappa shape index (κ3) is 4.27. The highest BCUT2D eigenvalue weighted by molar-refractivity contribution is 5.72. The number of likely N-dealkylation sites (tertiary alicyclic amines) is 1. The van der Waals surface area contributed by atoms with E-state index in [9.17, 15) is 14.7 Å². The summed E-state index contributed by atoms with van der Waals surface area (Å²) in [7, 11) is 0. The van der Waals surface area contributed by atoms with Gasteiger partial charge in [0.15, 0.2) is 0 Å². The minimum Gasteiger partial charge on any atom is -0.444 e. The number of hydrogen-bond donors (Lipinski definition) is 2. The van der Waals surface area contributed by atoms with Crippen LogP contribution >= 0.6 is 0 Å². The molecular formula is C19H26N2O5. The topological polar surface area (TPSA) is 88.1 Å². The Morgan fingerprint density at radius 3 is 2.69 bits per heavy atom. The Hall–Kier alpha value is -2.28. The van der Waals surface area contributed by atoms with E-state index >= 15 is 0 Å². The molecule has 2 N–H and O–H groups in total. The van der Waals surface area contributed by atoms with Crippen LogP contribution in [0.5, 0.6) is 0 Å². The van der Waals surface area contributed by atoms with Crippen LogP contribution in [0.1, 0.15) is 32.8 Å².